The SMILES string of the molecule is O=C(NCc1cccnc1N1CCOCC1)Nc1ccc2c(c1)CCC2. The summed E-state index contributed by atoms with van der Waals surface area (Å²) in [5.74, 6) is 0.925. The third-order valence-electron chi connectivity index (χ3n) is 4.97. The lowest BCUT2D eigenvalue weighted by Gasteiger charge is -2.29. The van der Waals surface area contributed by atoms with Crippen molar-refractivity contribution in [3.05, 3.63) is 53.2 Å². The average molecular weight is 352 g/mol. The van der Waals surface area contributed by atoms with E-state index in [1.807, 2.05) is 18.2 Å². The number of fused-ring (bicyclic) bond motifs is 1. The Labute approximate surface area is 153 Å². The lowest BCUT2D eigenvalue weighted by molar-refractivity contribution is 0.122. The van der Waals surface area contributed by atoms with Crippen LogP contribution in [0.25, 0.3) is 0 Å². The molecule has 0 radical (unpaired) electrons. The minimum Gasteiger partial charge on any atom is -0.378 e. The highest BCUT2D eigenvalue weighted by atomic mass is 16.5. The maximum atomic E-state index is 12.3. The predicted molar refractivity (Wildman–Crippen MR) is 102 cm³/mol. The Morgan fingerprint density at radius 3 is 2.88 bits per heavy atom. The number of carbonyl (C=O) groups excluding carboxylic acids is 1. The van der Waals surface area contributed by atoms with Crippen LogP contribution >= 0.6 is 0 Å². The quantitative estimate of drug-likeness (QED) is 0.888. The van der Waals surface area contributed by atoms with Gasteiger partial charge >= 0.3 is 6.03 Å². The lowest BCUT2D eigenvalue weighted by atomic mass is 10.1. The molecule has 0 unspecified atom stereocenters. The summed E-state index contributed by atoms with van der Waals surface area (Å²) in [6, 6.07) is 9.90. The largest absolute Gasteiger partial charge is 0.378 e. The molecule has 0 bridgehead atoms. The molecule has 0 saturated carbocycles. The molecule has 1 aromatic heterocycles. The van der Waals surface area contributed by atoms with Gasteiger partial charge in [0.25, 0.3) is 0 Å². The van der Waals surface area contributed by atoms with E-state index >= 15 is 0 Å². The van der Waals surface area contributed by atoms with E-state index in [2.05, 4.69) is 32.7 Å². The summed E-state index contributed by atoms with van der Waals surface area (Å²) in [7, 11) is 0. The lowest BCUT2D eigenvalue weighted by Crippen LogP contribution is -2.38. The van der Waals surface area contributed by atoms with Crippen LogP contribution in [0.15, 0.2) is 36.5 Å². The highest BCUT2D eigenvalue weighted by Gasteiger charge is 2.16. The van der Waals surface area contributed by atoms with Crippen molar-refractivity contribution in [2.75, 3.05) is 36.5 Å². The zero-order chi connectivity index (χ0) is 17.8. The van der Waals surface area contributed by atoms with E-state index in [0.717, 1.165) is 43.0 Å². The van der Waals surface area contributed by atoms with Gasteiger partial charge in [-0.3, -0.25) is 0 Å². The van der Waals surface area contributed by atoms with Crippen molar-refractivity contribution in [3.63, 3.8) is 0 Å². The first kappa shape index (κ1) is 16.8. The number of rotatable bonds is 4. The number of hydrogen-bond acceptors (Lipinski definition) is 4. The Morgan fingerprint density at radius 1 is 1.15 bits per heavy atom. The summed E-state index contributed by atoms with van der Waals surface area (Å²) >= 11 is 0. The Hall–Kier alpha value is -2.60. The Morgan fingerprint density at radius 2 is 2.00 bits per heavy atom. The van der Waals surface area contributed by atoms with E-state index < -0.39 is 0 Å². The first-order valence-electron chi connectivity index (χ1n) is 9.23. The van der Waals surface area contributed by atoms with Crippen LogP contribution in [0.3, 0.4) is 0 Å². The number of hydrogen-bond donors (Lipinski definition) is 2. The molecule has 1 aliphatic heterocycles. The van der Waals surface area contributed by atoms with Crippen molar-refractivity contribution in [1.82, 2.24) is 10.3 Å². The molecule has 1 aliphatic carbocycles. The number of nitrogens with zero attached hydrogens (tertiary/aromatic N) is 2. The molecule has 0 atom stereocenters. The Bertz CT molecular complexity index is 787. The molecule has 2 heterocycles. The van der Waals surface area contributed by atoms with Crippen LogP contribution in [-0.4, -0.2) is 37.3 Å². The number of urea groups is 1. The zero-order valence-corrected chi connectivity index (χ0v) is 14.8. The molecular weight excluding hydrogens is 328 g/mol. The van der Waals surface area contributed by atoms with E-state index in [4.69, 9.17) is 4.74 Å². The second kappa shape index (κ2) is 7.74. The highest BCUT2D eigenvalue weighted by Crippen LogP contribution is 2.25. The second-order valence-corrected chi connectivity index (χ2v) is 6.73. The molecule has 0 spiro atoms. The van der Waals surface area contributed by atoms with Crippen LogP contribution < -0.4 is 15.5 Å². The first-order valence-corrected chi connectivity index (χ1v) is 9.23. The number of amides is 2. The summed E-state index contributed by atoms with van der Waals surface area (Å²) in [5.41, 5.74) is 4.62. The molecule has 1 saturated heterocycles. The van der Waals surface area contributed by atoms with Crippen molar-refractivity contribution >= 4 is 17.5 Å². The average Bonchev–Trinajstić information content (AvgIpc) is 3.15. The number of anilines is 2. The third-order valence-corrected chi connectivity index (χ3v) is 4.97. The van der Waals surface area contributed by atoms with Crippen molar-refractivity contribution in [2.45, 2.75) is 25.8 Å². The van der Waals surface area contributed by atoms with Crippen LogP contribution in [0, 0.1) is 0 Å². The van der Waals surface area contributed by atoms with Crippen molar-refractivity contribution in [2.24, 2.45) is 0 Å². The molecule has 2 aromatic rings. The van der Waals surface area contributed by atoms with E-state index in [0.29, 0.717) is 19.8 Å². The zero-order valence-electron chi connectivity index (χ0n) is 14.8. The molecule has 136 valence electrons. The van der Waals surface area contributed by atoms with Gasteiger partial charge in [-0.05, 0) is 48.6 Å². The fourth-order valence-corrected chi connectivity index (χ4v) is 3.63. The van der Waals surface area contributed by atoms with Gasteiger partial charge < -0.3 is 20.3 Å². The van der Waals surface area contributed by atoms with Gasteiger partial charge in [-0.1, -0.05) is 12.1 Å². The van der Waals surface area contributed by atoms with E-state index in [1.165, 1.54) is 17.5 Å². The second-order valence-electron chi connectivity index (χ2n) is 6.73. The molecule has 6 heteroatoms. The van der Waals surface area contributed by atoms with E-state index in [-0.39, 0.29) is 6.03 Å². The number of benzene rings is 1. The Kier molecular flexibility index (Phi) is 5.02. The predicted octanol–water partition coefficient (Wildman–Crippen LogP) is 2.73. The summed E-state index contributed by atoms with van der Waals surface area (Å²) in [6.45, 7) is 3.51. The molecule has 6 nitrogen and oxygen atoms in total. The first-order chi connectivity index (χ1) is 12.8. The number of morpholine rings is 1. The highest BCUT2D eigenvalue weighted by molar-refractivity contribution is 5.89. The monoisotopic (exact) mass is 352 g/mol. The fraction of sp³-hybridized carbons (Fsp3) is 0.400. The number of nitrogens with one attached hydrogen (secondary N) is 2. The van der Waals surface area contributed by atoms with Crippen LogP contribution in [-0.2, 0) is 24.1 Å². The number of aromatic nitrogens is 1. The normalized spacial score (nSPS) is 16.2. The van der Waals surface area contributed by atoms with Gasteiger partial charge in [-0.2, -0.15) is 0 Å². The number of pyridine rings is 1. The van der Waals surface area contributed by atoms with Crippen LogP contribution in [0.2, 0.25) is 0 Å². The Balaban J connectivity index is 1.37. The van der Waals surface area contributed by atoms with Gasteiger partial charge in [0.15, 0.2) is 0 Å². The van der Waals surface area contributed by atoms with Crippen LogP contribution in [0.1, 0.15) is 23.1 Å². The van der Waals surface area contributed by atoms with Crippen LogP contribution in [0.4, 0.5) is 16.3 Å². The topological polar surface area (TPSA) is 66.5 Å². The van der Waals surface area contributed by atoms with Crippen molar-refractivity contribution in [3.8, 4) is 0 Å². The van der Waals surface area contributed by atoms with E-state index in [1.54, 1.807) is 6.20 Å². The summed E-state index contributed by atoms with van der Waals surface area (Å²) in [6.07, 6.45) is 5.24. The van der Waals surface area contributed by atoms with Gasteiger partial charge in [-0.15, -0.1) is 0 Å². The van der Waals surface area contributed by atoms with Crippen LogP contribution in [0.5, 0.6) is 0 Å². The standard InChI is InChI=1S/C20H24N4O2/c25-20(23-18-7-6-15-3-1-4-16(15)13-18)22-14-17-5-2-8-21-19(17)24-9-11-26-12-10-24/h2,5-8,13H,1,3-4,9-12,14H2,(H2,22,23,25). The number of carbonyl (C=O) groups is 1. The van der Waals surface area contributed by atoms with Gasteiger partial charge in [0.05, 0.1) is 13.2 Å². The van der Waals surface area contributed by atoms with Crippen molar-refractivity contribution < 1.29 is 9.53 Å². The van der Waals surface area contributed by atoms with Gasteiger partial charge in [-0.25, -0.2) is 9.78 Å². The summed E-state index contributed by atoms with van der Waals surface area (Å²) < 4.78 is 5.41. The van der Waals surface area contributed by atoms with Gasteiger partial charge in [0, 0.05) is 37.1 Å². The maximum Gasteiger partial charge on any atom is 0.319 e. The summed E-state index contributed by atoms with van der Waals surface area (Å²) in [4.78, 5) is 19.0. The van der Waals surface area contributed by atoms with Gasteiger partial charge in [0.2, 0.25) is 0 Å². The molecule has 1 aromatic carbocycles. The minimum atomic E-state index is -0.195. The molecule has 2 amide bonds. The molecular formula is C20H24N4O2. The minimum absolute atomic E-state index is 0.195. The van der Waals surface area contributed by atoms with Gasteiger partial charge in [0.1, 0.15) is 5.82 Å². The fourth-order valence-electron chi connectivity index (χ4n) is 3.63. The van der Waals surface area contributed by atoms with E-state index in [9.17, 15) is 4.79 Å². The molecule has 2 N–H and O–H groups in total. The third kappa shape index (κ3) is 3.80. The smallest absolute Gasteiger partial charge is 0.319 e. The number of aryl methyl sites for hydroxylation is 2. The molecule has 26 heavy (non-hydrogen) atoms. The summed E-state index contributed by atoms with van der Waals surface area (Å²) in [5, 5.41) is 5.88. The molecule has 2 aliphatic rings. The maximum absolute atomic E-state index is 12.3. The molecule has 1 fully saturated rings. The molecule has 4 rings (SSSR count). The number of ether oxygens (including phenoxy) is 1. The van der Waals surface area contributed by atoms with Crippen molar-refractivity contribution in [1.29, 1.82) is 0 Å².